The van der Waals surface area contributed by atoms with Crippen molar-refractivity contribution in [3.63, 3.8) is 0 Å². The summed E-state index contributed by atoms with van der Waals surface area (Å²) in [5.41, 5.74) is 4.63. The van der Waals surface area contributed by atoms with Crippen molar-refractivity contribution < 1.29 is 43.8 Å². The number of thioether (sulfide) groups is 1. The smallest absolute Gasteiger partial charge is 0.276 e. The predicted molar refractivity (Wildman–Crippen MR) is 196 cm³/mol. The van der Waals surface area contributed by atoms with Crippen molar-refractivity contribution in [2.45, 2.75) is 50.1 Å². The molecule has 55 heavy (non-hydrogen) atoms. The number of carboxylic acid groups (broad SMARTS) is 1. The fourth-order valence-electron chi connectivity index (χ4n) is 7.25. The van der Waals surface area contributed by atoms with E-state index in [4.69, 9.17) is 33.8 Å². The molecule has 23 heteroatoms. The van der Waals surface area contributed by atoms with Gasteiger partial charge in [-0.15, -0.1) is 11.8 Å². The minimum atomic E-state index is -1.92. The Hall–Kier alpha value is -4.70. The molecular formula is C32H34Cl2N11O8S2-. The first-order valence-corrected chi connectivity index (χ1v) is 19.6. The van der Waals surface area contributed by atoms with Crippen LogP contribution in [0.3, 0.4) is 0 Å². The monoisotopic (exact) mass is 834 g/mol. The lowest BCUT2D eigenvalue weighted by molar-refractivity contribution is -0.941. The highest BCUT2D eigenvalue weighted by atomic mass is 35.5. The first-order valence-electron chi connectivity index (χ1n) is 16.9. The molecule has 5 aliphatic heterocycles. The van der Waals surface area contributed by atoms with Gasteiger partial charge in [0.25, 0.3) is 17.7 Å². The van der Waals surface area contributed by atoms with Crippen LogP contribution in [0.2, 0.25) is 9.36 Å². The molecule has 0 spiro atoms. The molecule has 0 saturated carbocycles. The van der Waals surface area contributed by atoms with Crippen molar-refractivity contribution in [3.8, 4) is 11.5 Å². The molecule has 3 aromatic rings. The summed E-state index contributed by atoms with van der Waals surface area (Å²) in [4.78, 5) is 62.8. The Labute approximate surface area is 330 Å². The van der Waals surface area contributed by atoms with Gasteiger partial charge in [0.15, 0.2) is 27.9 Å². The Morgan fingerprint density at radius 2 is 1.93 bits per heavy atom. The minimum absolute atomic E-state index is 0.00291. The Bertz CT molecular complexity index is 2120. The molecule has 0 radical (unpaired) electrons. The lowest BCUT2D eigenvalue weighted by Gasteiger charge is -2.56. The normalized spacial score (nSPS) is 25.0. The molecule has 8 rings (SSSR count). The van der Waals surface area contributed by atoms with E-state index in [9.17, 15) is 34.5 Å². The number of halogens is 2. The topological polar surface area (TPSA) is 272 Å². The maximum absolute atomic E-state index is 13.9. The summed E-state index contributed by atoms with van der Waals surface area (Å²) in [7, 11) is 0. The summed E-state index contributed by atoms with van der Waals surface area (Å²) in [6, 6.07) is 1.56. The summed E-state index contributed by atoms with van der Waals surface area (Å²) in [6.07, 6.45) is 2.53. The number of phenols is 2. The number of thiazole rings is 1. The molecule has 2 atom stereocenters. The van der Waals surface area contributed by atoms with Crippen LogP contribution in [-0.2, 0) is 19.2 Å². The van der Waals surface area contributed by atoms with Gasteiger partial charge >= 0.3 is 0 Å². The Balaban J connectivity index is 1.05. The van der Waals surface area contributed by atoms with E-state index >= 15 is 0 Å². The standard InChI is InChI=1S/C32H35Cl2N11O8S2/c1-31(2,29(51)52)53-41-19(18-23(34)55-30(35)38-18)26(49)37-20-27(50)44-21(24-39-42-43-40-24)14(12-54-28(20)44)11-45-8-5-32(6-9-45,7-10-45)13-36-25(48)15-3-4-16(46)22(47)17(15)33/h3-4,20,28H,5-13H2,1-2H3,(H7-,35,36,37,38,39,40,41,42,43,46,47,48,49,51,52)/p-1/t20-,28-,32?,45?/m1/s1. The molecular weight excluding hydrogens is 801 g/mol. The lowest BCUT2D eigenvalue weighted by Crippen LogP contribution is -2.70. The van der Waals surface area contributed by atoms with Crippen LogP contribution in [0, 0.1) is 5.41 Å². The van der Waals surface area contributed by atoms with Crippen LogP contribution >= 0.6 is 46.3 Å². The van der Waals surface area contributed by atoms with Crippen LogP contribution in [-0.4, -0.2) is 125 Å². The summed E-state index contributed by atoms with van der Waals surface area (Å²) < 4.78 is 0.768. The molecule has 2 aromatic heterocycles. The van der Waals surface area contributed by atoms with E-state index in [-0.39, 0.29) is 37.0 Å². The van der Waals surface area contributed by atoms with Gasteiger partial charge in [-0.3, -0.25) is 29.6 Å². The summed E-state index contributed by atoms with van der Waals surface area (Å²) in [6.45, 7) is 5.90. The highest BCUT2D eigenvalue weighted by Crippen LogP contribution is 2.48. The van der Waals surface area contributed by atoms with Crippen LogP contribution in [0.25, 0.3) is 5.70 Å². The van der Waals surface area contributed by atoms with Gasteiger partial charge in [-0.1, -0.05) is 39.7 Å². The number of aliphatic carboxylic acids is 1. The SMILES string of the molecule is CC(C)(O/N=C(\C(=O)N[C@@H]1C(=O)N2C(c3nnn[n-]3)=C(C[N+]34CCC(CNC(=O)c5ccc(O)c(O)c5Cl)(CC3)CC4)CS[C@H]12)c1nc(N)sc1Cl)C(=O)[O-]. The molecule has 292 valence electrons. The number of quaternary nitrogens is 1. The second-order valence-corrected chi connectivity index (χ2v) is 17.5. The zero-order valence-electron chi connectivity index (χ0n) is 29.2. The Kier molecular flexibility index (Phi) is 10.1. The van der Waals surface area contributed by atoms with E-state index in [1.54, 1.807) is 0 Å². The number of fused-ring (bicyclic) bond motifs is 4. The van der Waals surface area contributed by atoms with Gasteiger partial charge in [-0.2, -0.15) is 5.21 Å². The van der Waals surface area contributed by atoms with E-state index in [1.165, 1.54) is 42.6 Å². The minimum Gasteiger partial charge on any atom is -0.546 e. The number of carbonyl (C=O) groups is 4. The first-order chi connectivity index (χ1) is 26.0. The number of aromatic nitrogens is 5. The number of benzene rings is 1. The molecule has 2 bridgehead atoms. The predicted octanol–water partition coefficient (Wildman–Crippen LogP) is 0.0766. The number of carboxylic acids is 1. The fraction of sp³-hybridized carbons (Fsp3) is 0.469. The van der Waals surface area contributed by atoms with Crippen LogP contribution in [0.5, 0.6) is 11.5 Å². The van der Waals surface area contributed by atoms with Crippen molar-refractivity contribution in [2.75, 3.05) is 44.2 Å². The number of oxime groups is 1. The van der Waals surface area contributed by atoms with Gasteiger partial charge in [-0.25, -0.2) is 4.98 Å². The van der Waals surface area contributed by atoms with Crippen LogP contribution in [0.15, 0.2) is 22.9 Å². The molecule has 19 nitrogen and oxygen atoms in total. The summed E-state index contributed by atoms with van der Waals surface area (Å²) in [5, 5.41) is 55.3. The maximum atomic E-state index is 13.9. The average Bonchev–Trinajstić information content (AvgIpc) is 3.81. The van der Waals surface area contributed by atoms with E-state index in [0.717, 1.165) is 60.3 Å². The molecule has 4 fully saturated rings. The van der Waals surface area contributed by atoms with Gasteiger partial charge in [0.2, 0.25) is 0 Å². The molecule has 7 heterocycles. The molecule has 0 unspecified atom stereocenters. The number of amides is 3. The van der Waals surface area contributed by atoms with Crippen LogP contribution in [0.1, 0.15) is 55.0 Å². The zero-order chi connectivity index (χ0) is 39.4. The number of carbonyl (C=O) groups excluding carboxylic acids is 4. The number of nitrogens with one attached hydrogen (secondary N) is 2. The number of β-lactam (4-membered cyclic amide) rings is 1. The third kappa shape index (κ3) is 7.14. The van der Waals surface area contributed by atoms with Gasteiger partial charge in [0.05, 0.1) is 47.7 Å². The van der Waals surface area contributed by atoms with Gasteiger partial charge in [0, 0.05) is 42.5 Å². The average molecular weight is 836 g/mol. The number of hydrogen-bond acceptors (Lipinski definition) is 16. The number of hydrogen-bond donors (Lipinski definition) is 5. The van der Waals surface area contributed by atoms with E-state index < -0.39 is 57.9 Å². The zero-order valence-corrected chi connectivity index (χ0v) is 32.4. The highest BCUT2D eigenvalue weighted by molar-refractivity contribution is 8.00. The Morgan fingerprint density at radius 1 is 1.22 bits per heavy atom. The molecule has 1 aromatic carbocycles. The number of aromatic hydroxyl groups is 2. The van der Waals surface area contributed by atoms with Gasteiger partial charge < -0.3 is 50.9 Å². The first kappa shape index (κ1) is 38.6. The van der Waals surface area contributed by atoms with E-state index in [2.05, 4.69) is 41.4 Å². The van der Waals surface area contributed by atoms with Crippen molar-refractivity contribution in [1.82, 2.24) is 41.1 Å². The summed E-state index contributed by atoms with van der Waals surface area (Å²) in [5.74, 6) is -3.64. The van der Waals surface area contributed by atoms with Crippen molar-refractivity contribution in [3.05, 3.63) is 44.1 Å². The molecule has 6 N–H and O–H groups in total. The van der Waals surface area contributed by atoms with Crippen molar-refractivity contribution >= 4 is 86.5 Å². The van der Waals surface area contributed by atoms with Crippen LogP contribution < -0.4 is 26.6 Å². The number of tetrazole rings is 1. The van der Waals surface area contributed by atoms with Crippen molar-refractivity contribution in [1.29, 1.82) is 0 Å². The molecule has 5 aliphatic rings. The largest absolute Gasteiger partial charge is 0.546 e. The number of nitrogens with zero attached hydrogens (tertiary/aromatic N) is 8. The number of rotatable bonds is 12. The number of nitrogens with two attached hydrogens (primary N) is 1. The van der Waals surface area contributed by atoms with E-state index in [0.29, 0.717) is 24.5 Å². The van der Waals surface area contributed by atoms with Crippen LogP contribution in [0.4, 0.5) is 5.13 Å². The second kappa shape index (κ2) is 14.4. The quantitative estimate of drug-likeness (QED) is 0.0531. The number of nitrogen functional groups attached to an aromatic ring is 1. The lowest BCUT2D eigenvalue weighted by atomic mass is 9.70. The van der Waals surface area contributed by atoms with Gasteiger partial charge in [-0.05, 0) is 26.0 Å². The Morgan fingerprint density at radius 3 is 2.55 bits per heavy atom. The number of phenolic OH excluding ortho intramolecular Hbond substituents is 2. The number of piperidine rings is 3. The van der Waals surface area contributed by atoms with E-state index in [1.807, 2.05) is 0 Å². The molecule has 0 aliphatic carbocycles. The van der Waals surface area contributed by atoms with Gasteiger partial charge in [0.1, 0.15) is 28.0 Å². The second-order valence-electron chi connectivity index (χ2n) is 14.4. The molecule has 3 amide bonds. The fourth-order valence-corrected chi connectivity index (χ4v) is 9.76. The summed E-state index contributed by atoms with van der Waals surface area (Å²) >= 11 is 14.7. The molecule has 4 saturated heterocycles. The van der Waals surface area contributed by atoms with Crippen molar-refractivity contribution in [2.24, 2.45) is 10.6 Å². The highest BCUT2D eigenvalue weighted by Gasteiger charge is 2.55. The number of anilines is 1. The third-order valence-electron chi connectivity index (χ3n) is 10.6. The maximum Gasteiger partial charge on any atom is 0.276 e. The third-order valence-corrected chi connectivity index (χ3v) is 13.4.